The van der Waals surface area contributed by atoms with Crippen LogP contribution in [0, 0.1) is 6.92 Å². The summed E-state index contributed by atoms with van der Waals surface area (Å²) in [7, 11) is 2.05. The lowest BCUT2D eigenvalue weighted by Gasteiger charge is -2.16. The summed E-state index contributed by atoms with van der Waals surface area (Å²) in [5.41, 5.74) is 3.85. The molecule has 1 N–H and O–H groups in total. The molecule has 1 aromatic heterocycles. The largest absolute Gasteiger partial charge is 0.317 e. The lowest BCUT2D eigenvalue weighted by Crippen LogP contribution is -2.29. The lowest BCUT2D eigenvalue weighted by molar-refractivity contribution is 0.494. The van der Waals surface area contributed by atoms with Gasteiger partial charge in [-0.05, 0) is 45.4 Å². The van der Waals surface area contributed by atoms with E-state index in [9.17, 15) is 0 Å². The Morgan fingerprint density at radius 2 is 2.00 bits per heavy atom. The van der Waals surface area contributed by atoms with Crippen LogP contribution in [0.25, 0.3) is 0 Å². The SMILES string of the molecule is CCn1nc(C)cc1CC(CCc1ccccc1)NC. The van der Waals surface area contributed by atoms with E-state index in [0.29, 0.717) is 6.04 Å². The van der Waals surface area contributed by atoms with Gasteiger partial charge in [-0.3, -0.25) is 4.68 Å². The van der Waals surface area contributed by atoms with Crippen molar-refractivity contribution in [3.8, 4) is 0 Å². The highest BCUT2D eigenvalue weighted by molar-refractivity contribution is 5.15. The minimum atomic E-state index is 0.497. The number of likely N-dealkylation sites (N-methyl/N-ethyl adjacent to an activating group) is 1. The van der Waals surface area contributed by atoms with Crippen LogP contribution in [-0.2, 0) is 19.4 Å². The van der Waals surface area contributed by atoms with Crippen LogP contribution in [0.5, 0.6) is 0 Å². The number of rotatable bonds is 7. The summed E-state index contributed by atoms with van der Waals surface area (Å²) < 4.78 is 2.11. The van der Waals surface area contributed by atoms with Gasteiger partial charge >= 0.3 is 0 Å². The van der Waals surface area contributed by atoms with E-state index in [1.807, 2.05) is 0 Å². The summed E-state index contributed by atoms with van der Waals surface area (Å²) in [6, 6.07) is 13.4. The van der Waals surface area contributed by atoms with Gasteiger partial charge in [0, 0.05) is 24.7 Å². The molecule has 0 aliphatic heterocycles. The third kappa shape index (κ3) is 3.94. The second-order valence-corrected chi connectivity index (χ2v) is 5.31. The highest BCUT2D eigenvalue weighted by atomic mass is 15.3. The Bertz CT molecular complexity index is 516. The first-order chi connectivity index (χ1) is 9.72. The van der Waals surface area contributed by atoms with E-state index in [1.54, 1.807) is 0 Å². The van der Waals surface area contributed by atoms with Crippen LogP contribution in [0.2, 0.25) is 0 Å². The number of aryl methyl sites for hydroxylation is 3. The number of hydrogen-bond donors (Lipinski definition) is 1. The van der Waals surface area contributed by atoms with Gasteiger partial charge in [-0.2, -0.15) is 5.10 Å². The van der Waals surface area contributed by atoms with Gasteiger partial charge in [-0.25, -0.2) is 0 Å². The first-order valence-electron chi connectivity index (χ1n) is 7.47. The molecule has 1 unspecified atom stereocenters. The second-order valence-electron chi connectivity index (χ2n) is 5.31. The van der Waals surface area contributed by atoms with Gasteiger partial charge in [0.05, 0.1) is 5.69 Å². The maximum absolute atomic E-state index is 4.52. The molecule has 0 amide bonds. The van der Waals surface area contributed by atoms with Crippen LogP contribution in [-0.4, -0.2) is 22.9 Å². The monoisotopic (exact) mass is 271 g/mol. The van der Waals surface area contributed by atoms with Gasteiger partial charge in [0.1, 0.15) is 0 Å². The van der Waals surface area contributed by atoms with Crippen LogP contribution < -0.4 is 5.32 Å². The van der Waals surface area contributed by atoms with E-state index in [2.05, 4.69) is 72.4 Å². The fourth-order valence-electron chi connectivity index (χ4n) is 2.62. The predicted octanol–water partition coefficient (Wildman–Crippen LogP) is 2.97. The van der Waals surface area contributed by atoms with Crippen molar-refractivity contribution in [2.45, 2.75) is 45.7 Å². The number of nitrogens with zero attached hydrogens (tertiary/aromatic N) is 2. The summed E-state index contributed by atoms with van der Waals surface area (Å²) in [5.74, 6) is 0. The van der Waals surface area contributed by atoms with Gasteiger partial charge in [0.25, 0.3) is 0 Å². The quantitative estimate of drug-likeness (QED) is 0.839. The Morgan fingerprint density at radius 1 is 1.25 bits per heavy atom. The smallest absolute Gasteiger partial charge is 0.0596 e. The molecule has 0 aliphatic rings. The molecule has 0 saturated heterocycles. The van der Waals surface area contributed by atoms with E-state index < -0.39 is 0 Å². The van der Waals surface area contributed by atoms with Crippen molar-refractivity contribution < 1.29 is 0 Å². The Hall–Kier alpha value is -1.61. The fraction of sp³-hybridized carbons (Fsp3) is 0.471. The topological polar surface area (TPSA) is 29.9 Å². The summed E-state index contributed by atoms with van der Waals surface area (Å²) in [5, 5.41) is 7.96. The van der Waals surface area contributed by atoms with Crippen LogP contribution in [0.3, 0.4) is 0 Å². The molecule has 1 aromatic carbocycles. The molecular formula is C17H25N3. The van der Waals surface area contributed by atoms with Gasteiger partial charge in [0.15, 0.2) is 0 Å². The van der Waals surface area contributed by atoms with Crippen LogP contribution in [0.1, 0.15) is 30.3 Å². The molecule has 2 aromatic rings. The van der Waals surface area contributed by atoms with E-state index in [-0.39, 0.29) is 0 Å². The summed E-state index contributed by atoms with van der Waals surface area (Å²) in [6.07, 6.45) is 3.30. The van der Waals surface area contributed by atoms with Crippen LogP contribution >= 0.6 is 0 Å². The molecule has 2 rings (SSSR count). The van der Waals surface area contributed by atoms with E-state index in [0.717, 1.165) is 31.5 Å². The molecule has 3 nitrogen and oxygen atoms in total. The molecule has 1 atom stereocenters. The maximum Gasteiger partial charge on any atom is 0.0596 e. The Kier molecular flexibility index (Phi) is 5.36. The Balaban J connectivity index is 1.95. The highest BCUT2D eigenvalue weighted by Crippen LogP contribution is 2.11. The summed E-state index contributed by atoms with van der Waals surface area (Å²) in [4.78, 5) is 0. The summed E-state index contributed by atoms with van der Waals surface area (Å²) >= 11 is 0. The minimum Gasteiger partial charge on any atom is -0.317 e. The van der Waals surface area contributed by atoms with Crippen LogP contribution in [0.15, 0.2) is 36.4 Å². The number of hydrogen-bond acceptors (Lipinski definition) is 2. The normalized spacial score (nSPS) is 12.6. The predicted molar refractivity (Wildman–Crippen MR) is 84.0 cm³/mol. The average molecular weight is 271 g/mol. The van der Waals surface area contributed by atoms with Gasteiger partial charge in [-0.1, -0.05) is 30.3 Å². The summed E-state index contributed by atoms with van der Waals surface area (Å²) in [6.45, 7) is 5.15. The average Bonchev–Trinajstić information content (AvgIpc) is 2.84. The maximum atomic E-state index is 4.52. The van der Waals surface area contributed by atoms with Crippen molar-refractivity contribution in [1.29, 1.82) is 0 Å². The van der Waals surface area contributed by atoms with E-state index in [4.69, 9.17) is 0 Å². The van der Waals surface area contributed by atoms with Crippen molar-refractivity contribution in [3.63, 3.8) is 0 Å². The molecule has 0 radical (unpaired) electrons. The van der Waals surface area contributed by atoms with Crippen molar-refractivity contribution in [2.75, 3.05) is 7.05 Å². The number of nitrogens with one attached hydrogen (secondary N) is 1. The van der Waals surface area contributed by atoms with Crippen molar-refractivity contribution in [3.05, 3.63) is 53.3 Å². The molecule has 0 spiro atoms. The fourth-order valence-corrected chi connectivity index (χ4v) is 2.62. The molecule has 0 saturated carbocycles. The lowest BCUT2D eigenvalue weighted by atomic mass is 10.0. The molecule has 3 heteroatoms. The number of benzene rings is 1. The molecular weight excluding hydrogens is 246 g/mol. The third-order valence-electron chi connectivity index (χ3n) is 3.77. The van der Waals surface area contributed by atoms with E-state index >= 15 is 0 Å². The molecule has 0 aliphatic carbocycles. The molecule has 1 heterocycles. The first kappa shape index (κ1) is 14.8. The van der Waals surface area contributed by atoms with Gasteiger partial charge in [0.2, 0.25) is 0 Å². The molecule has 108 valence electrons. The molecule has 0 fully saturated rings. The minimum absolute atomic E-state index is 0.497. The first-order valence-corrected chi connectivity index (χ1v) is 7.47. The molecule has 0 bridgehead atoms. The zero-order valence-corrected chi connectivity index (χ0v) is 12.8. The van der Waals surface area contributed by atoms with Crippen molar-refractivity contribution in [2.24, 2.45) is 0 Å². The van der Waals surface area contributed by atoms with Gasteiger partial charge < -0.3 is 5.32 Å². The zero-order chi connectivity index (χ0) is 14.4. The third-order valence-corrected chi connectivity index (χ3v) is 3.77. The second kappa shape index (κ2) is 7.25. The van der Waals surface area contributed by atoms with Crippen molar-refractivity contribution >= 4 is 0 Å². The van der Waals surface area contributed by atoms with Gasteiger partial charge in [-0.15, -0.1) is 0 Å². The van der Waals surface area contributed by atoms with Crippen LogP contribution in [0.4, 0.5) is 0 Å². The molecule has 20 heavy (non-hydrogen) atoms. The zero-order valence-electron chi connectivity index (χ0n) is 12.8. The standard InChI is InChI=1S/C17H25N3/c1-4-20-17(12-14(2)19-20)13-16(18-3)11-10-15-8-6-5-7-9-15/h5-9,12,16,18H,4,10-11,13H2,1-3H3. The van der Waals surface area contributed by atoms with E-state index in [1.165, 1.54) is 11.3 Å². The Labute approximate surface area is 122 Å². The Morgan fingerprint density at radius 3 is 2.65 bits per heavy atom. The van der Waals surface area contributed by atoms with Crippen molar-refractivity contribution in [1.82, 2.24) is 15.1 Å². The highest BCUT2D eigenvalue weighted by Gasteiger charge is 2.11. The number of aromatic nitrogens is 2.